The fourth-order valence-corrected chi connectivity index (χ4v) is 2.18. The Kier molecular flexibility index (Phi) is 1.54. The molecule has 1 aromatic rings. The van der Waals surface area contributed by atoms with Crippen LogP contribution in [0.15, 0.2) is 18.2 Å². The van der Waals surface area contributed by atoms with E-state index in [2.05, 4.69) is 39.0 Å². The van der Waals surface area contributed by atoms with Crippen molar-refractivity contribution in [1.82, 2.24) is 0 Å². The first kappa shape index (κ1) is 7.85. The smallest absolute Gasteiger partial charge is 0.00347 e. The van der Waals surface area contributed by atoms with Crippen molar-refractivity contribution in [3.8, 4) is 0 Å². The molecule has 0 fully saturated rings. The summed E-state index contributed by atoms with van der Waals surface area (Å²) in [5, 5.41) is 0. The summed E-state index contributed by atoms with van der Waals surface area (Å²) in [7, 11) is 0. The molecule has 0 N–H and O–H groups in total. The quantitative estimate of drug-likeness (QED) is 0.591. The fraction of sp³-hybridized carbons (Fsp3) is 0.500. The summed E-state index contributed by atoms with van der Waals surface area (Å²) in [6.45, 7) is 6.81. The lowest BCUT2D eigenvalue weighted by molar-refractivity contribution is 0.395. The molecule has 0 amide bonds. The highest BCUT2D eigenvalue weighted by atomic mass is 14.4. The fourth-order valence-electron chi connectivity index (χ4n) is 2.18. The maximum atomic E-state index is 2.37. The minimum Gasteiger partial charge on any atom is -0.0645 e. The predicted octanol–water partition coefficient (Wildman–Crippen LogP) is 3.22. The molecule has 2 rings (SSSR count). The lowest BCUT2D eigenvalue weighted by atomic mass is 9.63. The third kappa shape index (κ3) is 0.906. The Morgan fingerprint density at radius 2 is 2.17 bits per heavy atom. The molecule has 0 aromatic heterocycles. The third-order valence-electron chi connectivity index (χ3n) is 3.27. The monoisotopic (exact) mass is 160 g/mol. The van der Waals surface area contributed by atoms with Crippen molar-refractivity contribution < 1.29 is 0 Å². The molecule has 1 aliphatic rings. The Morgan fingerprint density at radius 1 is 1.42 bits per heavy atom. The Morgan fingerprint density at radius 3 is 2.75 bits per heavy atom. The van der Waals surface area contributed by atoms with Crippen LogP contribution in [0.1, 0.15) is 37.0 Å². The molecule has 0 bridgehead atoms. The maximum Gasteiger partial charge on any atom is -0.00347 e. The van der Waals surface area contributed by atoms with Crippen molar-refractivity contribution in [2.75, 3.05) is 0 Å². The molecule has 1 aromatic carbocycles. The van der Waals surface area contributed by atoms with Gasteiger partial charge in [0, 0.05) is 0 Å². The van der Waals surface area contributed by atoms with Gasteiger partial charge in [-0.1, -0.05) is 37.6 Å². The summed E-state index contributed by atoms with van der Waals surface area (Å²) in [6, 6.07) is 6.86. The maximum absolute atomic E-state index is 2.37. The van der Waals surface area contributed by atoms with E-state index in [-0.39, 0.29) is 0 Å². The van der Waals surface area contributed by atoms with Crippen molar-refractivity contribution in [1.29, 1.82) is 0 Å². The predicted molar refractivity (Wildman–Crippen MR) is 52.5 cm³/mol. The van der Waals surface area contributed by atoms with Crippen molar-refractivity contribution in [2.24, 2.45) is 0 Å². The SMILES string of the molecule is CCC1(C)Cc2cc(C)ccc21. The van der Waals surface area contributed by atoms with Gasteiger partial charge < -0.3 is 0 Å². The molecule has 1 atom stereocenters. The molecule has 0 heterocycles. The van der Waals surface area contributed by atoms with Gasteiger partial charge in [0.2, 0.25) is 0 Å². The molecule has 0 spiro atoms. The number of aryl methyl sites for hydroxylation is 1. The molecule has 0 saturated heterocycles. The summed E-state index contributed by atoms with van der Waals surface area (Å²) < 4.78 is 0. The van der Waals surface area contributed by atoms with Crippen molar-refractivity contribution in [3.63, 3.8) is 0 Å². The van der Waals surface area contributed by atoms with E-state index in [1.165, 1.54) is 18.4 Å². The second kappa shape index (κ2) is 2.35. The van der Waals surface area contributed by atoms with E-state index in [0.717, 1.165) is 0 Å². The largest absolute Gasteiger partial charge is 0.0645 e. The van der Waals surface area contributed by atoms with Crippen LogP contribution in [0.4, 0.5) is 0 Å². The first-order valence-corrected chi connectivity index (χ1v) is 4.76. The van der Waals surface area contributed by atoms with E-state index >= 15 is 0 Å². The number of hydrogen-bond acceptors (Lipinski definition) is 0. The van der Waals surface area contributed by atoms with Crippen molar-refractivity contribution in [3.05, 3.63) is 34.9 Å². The van der Waals surface area contributed by atoms with E-state index in [1.54, 1.807) is 11.1 Å². The van der Waals surface area contributed by atoms with Crippen molar-refractivity contribution >= 4 is 0 Å². The van der Waals surface area contributed by atoms with Gasteiger partial charge >= 0.3 is 0 Å². The molecule has 64 valence electrons. The highest BCUT2D eigenvalue weighted by molar-refractivity contribution is 5.46. The minimum absolute atomic E-state index is 0.489. The van der Waals surface area contributed by atoms with Gasteiger partial charge in [0.25, 0.3) is 0 Å². The third-order valence-corrected chi connectivity index (χ3v) is 3.27. The Labute approximate surface area is 74.6 Å². The second-order valence-corrected chi connectivity index (χ2v) is 4.25. The zero-order valence-corrected chi connectivity index (χ0v) is 8.15. The highest BCUT2D eigenvalue weighted by Crippen LogP contribution is 2.43. The van der Waals surface area contributed by atoms with Gasteiger partial charge in [-0.05, 0) is 36.3 Å². The number of hydrogen-bond donors (Lipinski definition) is 0. The van der Waals surface area contributed by atoms with E-state index < -0.39 is 0 Å². The van der Waals surface area contributed by atoms with Crippen LogP contribution >= 0.6 is 0 Å². The van der Waals surface area contributed by atoms with Gasteiger partial charge in [0.15, 0.2) is 0 Å². The highest BCUT2D eigenvalue weighted by Gasteiger charge is 2.36. The number of rotatable bonds is 1. The molecule has 12 heavy (non-hydrogen) atoms. The van der Waals surface area contributed by atoms with Gasteiger partial charge in [-0.25, -0.2) is 0 Å². The summed E-state index contributed by atoms with van der Waals surface area (Å²) in [5.41, 5.74) is 5.03. The summed E-state index contributed by atoms with van der Waals surface area (Å²) in [5.74, 6) is 0. The minimum atomic E-state index is 0.489. The van der Waals surface area contributed by atoms with Crippen LogP contribution in [0.3, 0.4) is 0 Å². The van der Waals surface area contributed by atoms with Crippen LogP contribution in [-0.2, 0) is 11.8 Å². The lowest BCUT2D eigenvalue weighted by Crippen LogP contribution is -2.34. The zero-order chi connectivity index (χ0) is 8.77. The second-order valence-electron chi connectivity index (χ2n) is 4.25. The van der Waals surface area contributed by atoms with Gasteiger partial charge in [-0.15, -0.1) is 0 Å². The molecular formula is C12H16. The van der Waals surface area contributed by atoms with Crippen molar-refractivity contribution in [2.45, 2.75) is 39.0 Å². The number of fused-ring (bicyclic) bond motifs is 1. The van der Waals surface area contributed by atoms with Crippen LogP contribution in [0, 0.1) is 6.92 Å². The first-order chi connectivity index (χ1) is 5.65. The van der Waals surface area contributed by atoms with E-state index in [1.807, 2.05) is 0 Å². The van der Waals surface area contributed by atoms with Crippen LogP contribution < -0.4 is 0 Å². The molecule has 0 saturated carbocycles. The Hall–Kier alpha value is -0.780. The normalized spacial score (nSPS) is 26.2. The summed E-state index contributed by atoms with van der Waals surface area (Å²) in [6.07, 6.45) is 2.55. The van der Waals surface area contributed by atoms with Gasteiger partial charge in [0.1, 0.15) is 0 Å². The van der Waals surface area contributed by atoms with Crippen LogP contribution in [0.25, 0.3) is 0 Å². The molecule has 0 aliphatic heterocycles. The topological polar surface area (TPSA) is 0 Å². The van der Waals surface area contributed by atoms with Gasteiger partial charge in [0.05, 0.1) is 0 Å². The van der Waals surface area contributed by atoms with Crippen LogP contribution in [0.2, 0.25) is 0 Å². The average Bonchev–Trinajstić information content (AvgIpc) is 2.02. The molecule has 1 aliphatic carbocycles. The van der Waals surface area contributed by atoms with E-state index in [9.17, 15) is 0 Å². The van der Waals surface area contributed by atoms with Gasteiger partial charge in [-0.3, -0.25) is 0 Å². The summed E-state index contributed by atoms with van der Waals surface area (Å²) in [4.78, 5) is 0. The van der Waals surface area contributed by atoms with Crippen LogP contribution in [-0.4, -0.2) is 0 Å². The molecule has 1 unspecified atom stereocenters. The van der Waals surface area contributed by atoms with Gasteiger partial charge in [-0.2, -0.15) is 0 Å². The van der Waals surface area contributed by atoms with E-state index in [0.29, 0.717) is 5.41 Å². The lowest BCUT2D eigenvalue weighted by Gasteiger charge is -2.41. The standard InChI is InChI=1S/C12H16/c1-4-12(3)8-10-7-9(2)5-6-11(10)12/h5-7H,4,8H2,1-3H3. The number of benzene rings is 1. The Balaban J connectivity index is 2.43. The molecule has 0 nitrogen and oxygen atoms in total. The molecular weight excluding hydrogens is 144 g/mol. The molecule has 0 radical (unpaired) electrons. The molecule has 0 heteroatoms. The average molecular weight is 160 g/mol. The van der Waals surface area contributed by atoms with Crippen LogP contribution in [0.5, 0.6) is 0 Å². The Bertz CT molecular complexity index is 312. The van der Waals surface area contributed by atoms with E-state index in [4.69, 9.17) is 0 Å². The first-order valence-electron chi connectivity index (χ1n) is 4.76. The summed E-state index contributed by atoms with van der Waals surface area (Å²) >= 11 is 0. The zero-order valence-electron chi connectivity index (χ0n) is 8.15.